The molecule has 0 radical (unpaired) electrons. The van der Waals surface area contributed by atoms with Crippen molar-refractivity contribution in [2.24, 2.45) is 0 Å². The Balaban J connectivity index is 2.31. The zero-order valence-electron chi connectivity index (χ0n) is 10.9. The Morgan fingerprint density at radius 3 is 2.45 bits per heavy atom. The molecule has 0 aliphatic rings. The first-order valence-corrected chi connectivity index (χ1v) is 6.03. The molecule has 0 aliphatic heterocycles. The van der Waals surface area contributed by atoms with Crippen LogP contribution in [0.15, 0.2) is 42.5 Å². The van der Waals surface area contributed by atoms with Crippen LogP contribution in [0.4, 0.5) is 5.69 Å². The Hall–Kier alpha value is -2.93. The average Bonchev–Trinajstić information content (AvgIpc) is 2.46. The largest absolute Gasteiger partial charge is 0.270 e. The standard InChI is InChI=1S/C16H12N2O2/c1-12-2-4-13(5-3-12)6-7-14-8-9-16(18(19)20)10-15(14)11-17/h2-10H,1H3/b7-6+. The van der Waals surface area contributed by atoms with Gasteiger partial charge in [-0.2, -0.15) is 5.26 Å². The first-order valence-electron chi connectivity index (χ1n) is 6.03. The Bertz CT molecular complexity index is 710. The summed E-state index contributed by atoms with van der Waals surface area (Å²) in [7, 11) is 0. The Morgan fingerprint density at radius 2 is 1.85 bits per heavy atom. The highest BCUT2D eigenvalue weighted by Gasteiger charge is 2.08. The molecule has 0 saturated carbocycles. The van der Waals surface area contributed by atoms with Crippen LogP contribution in [0.3, 0.4) is 0 Å². The number of nitrogens with zero attached hydrogens (tertiary/aromatic N) is 2. The van der Waals surface area contributed by atoms with Crippen molar-refractivity contribution in [2.75, 3.05) is 0 Å². The SMILES string of the molecule is Cc1ccc(/C=C/c2ccc([N+](=O)[O-])cc2C#N)cc1. The molecule has 98 valence electrons. The van der Waals surface area contributed by atoms with Crippen molar-refractivity contribution >= 4 is 17.8 Å². The van der Waals surface area contributed by atoms with Gasteiger partial charge in [0.25, 0.3) is 5.69 Å². The smallest absolute Gasteiger partial charge is 0.258 e. The predicted molar refractivity (Wildman–Crippen MR) is 77.9 cm³/mol. The number of rotatable bonds is 3. The molecule has 4 heteroatoms. The minimum atomic E-state index is -0.506. The van der Waals surface area contributed by atoms with E-state index in [0.717, 1.165) is 5.56 Å². The second-order valence-corrected chi connectivity index (χ2v) is 4.38. The maximum atomic E-state index is 10.7. The summed E-state index contributed by atoms with van der Waals surface area (Å²) in [6, 6.07) is 14.2. The first-order chi connectivity index (χ1) is 9.60. The number of nitriles is 1. The summed E-state index contributed by atoms with van der Waals surface area (Å²) in [6.45, 7) is 2.01. The van der Waals surface area contributed by atoms with Crippen LogP contribution in [0, 0.1) is 28.4 Å². The molecule has 0 unspecified atom stereocenters. The van der Waals surface area contributed by atoms with Gasteiger partial charge in [-0.05, 0) is 24.1 Å². The summed E-state index contributed by atoms with van der Waals surface area (Å²) >= 11 is 0. The Labute approximate surface area is 116 Å². The van der Waals surface area contributed by atoms with E-state index in [1.165, 1.54) is 17.7 Å². The molecule has 0 spiro atoms. The third-order valence-electron chi connectivity index (χ3n) is 2.90. The van der Waals surface area contributed by atoms with Gasteiger partial charge in [0.1, 0.15) is 6.07 Å². The minimum Gasteiger partial charge on any atom is -0.258 e. The second-order valence-electron chi connectivity index (χ2n) is 4.38. The van der Waals surface area contributed by atoms with E-state index in [0.29, 0.717) is 11.1 Å². The van der Waals surface area contributed by atoms with Crippen molar-refractivity contribution < 1.29 is 4.92 Å². The van der Waals surface area contributed by atoms with Crippen LogP contribution in [-0.4, -0.2) is 4.92 Å². The van der Waals surface area contributed by atoms with Gasteiger partial charge in [-0.3, -0.25) is 10.1 Å². The van der Waals surface area contributed by atoms with Gasteiger partial charge >= 0.3 is 0 Å². The van der Waals surface area contributed by atoms with Gasteiger partial charge in [-0.15, -0.1) is 0 Å². The van der Waals surface area contributed by atoms with Crippen LogP contribution < -0.4 is 0 Å². The zero-order valence-corrected chi connectivity index (χ0v) is 10.9. The lowest BCUT2D eigenvalue weighted by Crippen LogP contribution is -1.90. The van der Waals surface area contributed by atoms with Crippen molar-refractivity contribution in [1.29, 1.82) is 5.26 Å². The highest BCUT2D eigenvalue weighted by atomic mass is 16.6. The molecule has 2 aromatic rings. The van der Waals surface area contributed by atoms with Crippen LogP contribution in [0.1, 0.15) is 22.3 Å². The molecule has 0 N–H and O–H groups in total. The van der Waals surface area contributed by atoms with Crippen LogP contribution in [0.5, 0.6) is 0 Å². The molecular weight excluding hydrogens is 252 g/mol. The van der Waals surface area contributed by atoms with Crippen LogP contribution in [-0.2, 0) is 0 Å². The third kappa shape index (κ3) is 3.09. The fraction of sp³-hybridized carbons (Fsp3) is 0.0625. The maximum absolute atomic E-state index is 10.7. The molecule has 2 aromatic carbocycles. The van der Waals surface area contributed by atoms with E-state index >= 15 is 0 Å². The van der Waals surface area contributed by atoms with E-state index in [4.69, 9.17) is 5.26 Å². The Kier molecular flexibility index (Phi) is 3.92. The summed E-state index contributed by atoms with van der Waals surface area (Å²) in [5.74, 6) is 0. The lowest BCUT2D eigenvalue weighted by Gasteiger charge is -1.99. The molecular formula is C16H12N2O2. The summed E-state index contributed by atoms with van der Waals surface area (Å²) in [6.07, 6.45) is 3.66. The van der Waals surface area contributed by atoms with Gasteiger partial charge in [0.15, 0.2) is 0 Å². The van der Waals surface area contributed by atoms with Crippen molar-refractivity contribution in [2.45, 2.75) is 6.92 Å². The normalized spacial score (nSPS) is 10.4. The minimum absolute atomic E-state index is 0.0750. The van der Waals surface area contributed by atoms with Gasteiger partial charge < -0.3 is 0 Å². The van der Waals surface area contributed by atoms with Crippen molar-refractivity contribution in [1.82, 2.24) is 0 Å². The van der Waals surface area contributed by atoms with E-state index in [1.54, 1.807) is 12.1 Å². The number of benzene rings is 2. The van der Waals surface area contributed by atoms with E-state index in [1.807, 2.05) is 43.3 Å². The number of hydrogen-bond donors (Lipinski definition) is 0. The number of non-ortho nitro benzene ring substituents is 1. The Morgan fingerprint density at radius 1 is 1.15 bits per heavy atom. The molecule has 0 heterocycles. The predicted octanol–water partition coefficient (Wildman–Crippen LogP) is 3.95. The van der Waals surface area contributed by atoms with Crippen molar-refractivity contribution in [3.63, 3.8) is 0 Å². The van der Waals surface area contributed by atoms with E-state index in [9.17, 15) is 10.1 Å². The molecule has 0 bridgehead atoms. The quantitative estimate of drug-likeness (QED) is 0.479. The second kappa shape index (κ2) is 5.81. The lowest BCUT2D eigenvalue weighted by molar-refractivity contribution is -0.384. The van der Waals surface area contributed by atoms with Gasteiger partial charge in [-0.25, -0.2) is 0 Å². The number of nitro benzene ring substituents is 1. The highest BCUT2D eigenvalue weighted by Crippen LogP contribution is 2.19. The summed E-state index contributed by atoms with van der Waals surface area (Å²) < 4.78 is 0. The topological polar surface area (TPSA) is 66.9 Å². The molecule has 20 heavy (non-hydrogen) atoms. The molecule has 0 fully saturated rings. The van der Waals surface area contributed by atoms with E-state index in [-0.39, 0.29) is 5.69 Å². The van der Waals surface area contributed by atoms with Crippen molar-refractivity contribution in [3.8, 4) is 6.07 Å². The molecule has 4 nitrogen and oxygen atoms in total. The zero-order chi connectivity index (χ0) is 14.5. The maximum Gasteiger partial charge on any atom is 0.270 e. The average molecular weight is 264 g/mol. The molecule has 0 aromatic heterocycles. The summed E-state index contributed by atoms with van der Waals surface area (Å²) in [5.41, 5.74) is 3.07. The van der Waals surface area contributed by atoms with Gasteiger partial charge in [-0.1, -0.05) is 42.0 Å². The van der Waals surface area contributed by atoms with Crippen LogP contribution >= 0.6 is 0 Å². The fourth-order valence-corrected chi connectivity index (χ4v) is 1.76. The summed E-state index contributed by atoms with van der Waals surface area (Å²) in [5, 5.41) is 19.7. The lowest BCUT2D eigenvalue weighted by atomic mass is 10.1. The van der Waals surface area contributed by atoms with Gasteiger partial charge in [0.2, 0.25) is 0 Å². The van der Waals surface area contributed by atoms with Gasteiger partial charge in [0.05, 0.1) is 10.5 Å². The molecule has 0 atom stereocenters. The number of aryl methyl sites for hydroxylation is 1. The highest BCUT2D eigenvalue weighted by molar-refractivity contribution is 5.73. The number of hydrogen-bond acceptors (Lipinski definition) is 3. The van der Waals surface area contributed by atoms with Gasteiger partial charge in [0, 0.05) is 12.1 Å². The third-order valence-corrected chi connectivity index (χ3v) is 2.90. The molecule has 0 saturated heterocycles. The first kappa shape index (κ1) is 13.5. The van der Waals surface area contributed by atoms with Crippen LogP contribution in [0.2, 0.25) is 0 Å². The number of nitro groups is 1. The molecule has 0 amide bonds. The van der Waals surface area contributed by atoms with E-state index < -0.39 is 4.92 Å². The monoisotopic (exact) mass is 264 g/mol. The van der Waals surface area contributed by atoms with Crippen LogP contribution in [0.25, 0.3) is 12.2 Å². The molecule has 2 rings (SSSR count). The van der Waals surface area contributed by atoms with Crippen molar-refractivity contribution in [3.05, 3.63) is 74.8 Å². The fourth-order valence-electron chi connectivity index (χ4n) is 1.76. The summed E-state index contributed by atoms with van der Waals surface area (Å²) in [4.78, 5) is 10.2. The molecule has 0 aliphatic carbocycles. The van der Waals surface area contributed by atoms with E-state index in [2.05, 4.69) is 0 Å².